The highest BCUT2D eigenvalue weighted by Gasteiger charge is 2.41. The summed E-state index contributed by atoms with van der Waals surface area (Å²) in [6.45, 7) is 4.79. The van der Waals surface area contributed by atoms with E-state index in [0.717, 1.165) is 5.02 Å². The SMILES string of the molecule is CC1(C)c2cc(-c3ccccc3)c3ccccc3c2-c2ccccc2C1c1ccc(Cl)cc1. The second kappa shape index (κ2) is 7.61. The quantitative estimate of drug-likeness (QED) is 0.254. The van der Waals surface area contributed by atoms with Crippen molar-refractivity contribution in [2.45, 2.75) is 25.2 Å². The maximum atomic E-state index is 6.26. The van der Waals surface area contributed by atoms with Gasteiger partial charge < -0.3 is 0 Å². The third-order valence-corrected chi connectivity index (χ3v) is 7.54. The van der Waals surface area contributed by atoms with Crippen molar-refractivity contribution < 1.29 is 0 Å². The van der Waals surface area contributed by atoms with Crippen molar-refractivity contribution >= 4 is 22.4 Å². The van der Waals surface area contributed by atoms with Crippen molar-refractivity contribution in [1.29, 1.82) is 0 Å². The number of hydrogen-bond acceptors (Lipinski definition) is 0. The minimum Gasteiger partial charge on any atom is -0.0843 e. The molecule has 0 radical (unpaired) electrons. The van der Waals surface area contributed by atoms with Crippen molar-refractivity contribution in [3.63, 3.8) is 0 Å². The van der Waals surface area contributed by atoms with Gasteiger partial charge in [0.15, 0.2) is 0 Å². The second-order valence-corrected chi connectivity index (χ2v) is 9.99. The lowest BCUT2D eigenvalue weighted by Crippen LogP contribution is -2.32. The first-order chi connectivity index (χ1) is 16.1. The zero-order chi connectivity index (χ0) is 22.6. The largest absolute Gasteiger partial charge is 0.0843 e. The maximum absolute atomic E-state index is 6.26. The molecule has 0 N–H and O–H groups in total. The van der Waals surface area contributed by atoms with Crippen LogP contribution in [0.15, 0.2) is 109 Å². The highest BCUT2D eigenvalue weighted by molar-refractivity contribution is 6.30. The summed E-state index contributed by atoms with van der Waals surface area (Å²) in [4.78, 5) is 0. The van der Waals surface area contributed by atoms with Crippen molar-refractivity contribution in [1.82, 2.24) is 0 Å². The average Bonchev–Trinajstić information content (AvgIpc) is 2.85. The lowest BCUT2D eigenvalue weighted by atomic mass is 9.60. The monoisotopic (exact) mass is 444 g/mol. The van der Waals surface area contributed by atoms with Gasteiger partial charge in [0.2, 0.25) is 0 Å². The molecule has 0 bridgehead atoms. The highest BCUT2D eigenvalue weighted by Crippen LogP contribution is 2.56. The van der Waals surface area contributed by atoms with Crippen LogP contribution in [0.25, 0.3) is 33.0 Å². The fourth-order valence-electron chi connectivity index (χ4n) is 5.80. The van der Waals surface area contributed by atoms with Gasteiger partial charge in [-0.15, -0.1) is 0 Å². The summed E-state index contributed by atoms with van der Waals surface area (Å²) in [5, 5.41) is 3.40. The zero-order valence-corrected chi connectivity index (χ0v) is 19.6. The van der Waals surface area contributed by atoms with E-state index >= 15 is 0 Å². The maximum Gasteiger partial charge on any atom is 0.0406 e. The summed E-state index contributed by atoms with van der Waals surface area (Å²) in [5.41, 5.74) is 9.25. The van der Waals surface area contributed by atoms with E-state index < -0.39 is 0 Å². The van der Waals surface area contributed by atoms with Crippen LogP contribution in [0.5, 0.6) is 0 Å². The van der Waals surface area contributed by atoms with E-state index in [4.69, 9.17) is 11.6 Å². The molecule has 1 unspecified atom stereocenters. The van der Waals surface area contributed by atoms with Gasteiger partial charge >= 0.3 is 0 Å². The lowest BCUT2D eigenvalue weighted by molar-refractivity contribution is 0.455. The molecule has 5 aromatic rings. The molecule has 0 amide bonds. The Hall–Kier alpha value is -3.35. The van der Waals surface area contributed by atoms with Crippen molar-refractivity contribution in [2.24, 2.45) is 0 Å². The van der Waals surface area contributed by atoms with E-state index in [1.54, 1.807) is 0 Å². The van der Waals surface area contributed by atoms with E-state index in [2.05, 4.69) is 111 Å². The van der Waals surface area contributed by atoms with Crippen LogP contribution in [0.3, 0.4) is 0 Å². The van der Waals surface area contributed by atoms with Crippen LogP contribution in [0.2, 0.25) is 5.02 Å². The normalized spacial score (nSPS) is 16.3. The number of hydrogen-bond donors (Lipinski definition) is 0. The Kier molecular flexibility index (Phi) is 4.67. The van der Waals surface area contributed by atoms with Gasteiger partial charge in [-0.3, -0.25) is 0 Å². The van der Waals surface area contributed by atoms with Gasteiger partial charge in [0.1, 0.15) is 0 Å². The molecule has 1 aliphatic carbocycles. The Morgan fingerprint density at radius 1 is 0.636 bits per heavy atom. The second-order valence-electron chi connectivity index (χ2n) is 9.55. The topological polar surface area (TPSA) is 0 Å². The van der Waals surface area contributed by atoms with Gasteiger partial charge in [0.25, 0.3) is 0 Å². The van der Waals surface area contributed by atoms with Crippen LogP contribution in [0.4, 0.5) is 0 Å². The van der Waals surface area contributed by atoms with Crippen LogP contribution in [0, 0.1) is 0 Å². The summed E-state index contributed by atoms with van der Waals surface area (Å²) < 4.78 is 0. The van der Waals surface area contributed by atoms with E-state index in [1.165, 1.54) is 49.7 Å². The molecule has 1 aliphatic rings. The average molecular weight is 445 g/mol. The minimum absolute atomic E-state index is 0.106. The predicted octanol–water partition coefficient (Wildman–Crippen LogP) is 9.25. The summed E-state index contributed by atoms with van der Waals surface area (Å²) in [7, 11) is 0. The molecule has 0 aromatic heterocycles. The molecular weight excluding hydrogens is 420 g/mol. The van der Waals surface area contributed by atoms with Crippen molar-refractivity contribution in [3.8, 4) is 22.3 Å². The lowest BCUT2D eigenvalue weighted by Gasteiger charge is -2.43. The van der Waals surface area contributed by atoms with Crippen LogP contribution in [-0.4, -0.2) is 0 Å². The zero-order valence-electron chi connectivity index (χ0n) is 18.8. The number of halogens is 1. The molecule has 0 saturated heterocycles. The highest BCUT2D eigenvalue weighted by atomic mass is 35.5. The summed E-state index contributed by atoms with van der Waals surface area (Å²) in [5.74, 6) is 0.239. The molecule has 0 nitrogen and oxygen atoms in total. The molecule has 33 heavy (non-hydrogen) atoms. The fourth-order valence-corrected chi connectivity index (χ4v) is 5.93. The van der Waals surface area contributed by atoms with Gasteiger partial charge in [-0.25, -0.2) is 0 Å². The van der Waals surface area contributed by atoms with Gasteiger partial charge in [-0.1, -0.05) is 116 Å². The molecule has 0 fully saturated rings. The van der Waals surface area contributed by atoms with Gasteiger partial charge in [0, 0.05) is 16.4 Å². The predicted molar refractivity (Wildman–Crippen MR) is 141 cm³/mol. The van der Waals surface area contributed by atoms with E-state index in [0.29, 0.717) is 0 Å². The molecule has 0 heterocycles. The van der Waals surface area contributed by atoms with E-state index in [-0.39, 0.29) is 11.3 Å². The third-order valence-electron chi connectivity index (χ3n) is 7.29. The first kappa shape index (κ1) is 20.3. The van der Waals surface area contributed by atoms with Gasteiger partial charge in [0.05, 0.1) is 0 Å². The molecule has 0 spiro atoms. The fraction of sp³-hybridized carbons (Fsp3) is 0.125. The van der Waals surface area contributed by atoms with Gasteiger partial charge in [-0.2, -0.15) is 0 Å². The smallest absolute Gasteiger partial charge is 0.0406 e. The minimum atomic E-state index is -0.106. The molecule has 0 aliphatic heterocycles. The Balaban J connectivity index is 1.72. The van der Waals surface area contributed by atoms with Crippen molar-refractivity contribution in [3.05, 3.63) is 131 Å². The number of fused-ring (bicyclic) bond motifs is 5. The molecule has 0 saturated carbocycles. The summed E-state index contributed by atoms with van der Waals surface area (Å²) in [6, 6.07) is 39.4. The first-order valence-electron chi connectivity index (χ1n) is 11.5. The first-order valence-corrected chi connectivity index (χ1v) is 11.9. The summed E-state index contributed by atoms with van der Waals surface area (Å²) >= 11 is 6.26. The van der Waals surface area contributed by atoms with E-state index in [9.17, 15) is 0 Å². The molecular formula is C32H25Cl. The van der Waals surface area contributed by atoms with E-state index in [1.807, 2.05) is 12.1 Å². The molecule has 1 atom stereocenters. The van der Waals surface area contributed by atoms with Gasteiger partial charge in [-0.05, 0) is 67.9 Å². The molecule has 5 aromatic carbocycles. The molecule has 160 valence electrons. The Morgan fingerprint density at radius 3 is 2.03 bits per heavy atom. The summed E-state index contributed by atoms with van der Waals surface area (Å²) in [6.07, 6.45) is 0. The van der Waals surface area contributed by atoms with Crippen molar-refractivity contribution in [2.75, 3.05) is 0 Å². The molecule has 1 heteroatoms. The van der Waals surface area contributed by atoms with Crippen LogP contribution in [-0.2, 0) is 5.41 Å². The van der Waals surface area contributed by atoms with Crippen LogP contribution < -0.4 is 0 Å². The Bertz CT molecular complexity index is 1480. The standard InChI is InChI=1S/C32H25Cl/c1-32(2)29-20-28(21-10-4-3-5-11-21)24-12-6-7-13-25(24)30(29)26-14-8-9-15-27(26)31(32)22-16-18-23(33)19-17-22/h3-20,31H,1-2H3. The Labute approximate surface area is 200 Å². The van der Waals surface area contributed by atoms with Crippen LogP contribution in [0.1, 0.15) is 36.5 Å². The Morgan fingerprint density at radius 2 is 1.27 bits per heavy atom. The number of rotatable bonds is 2. The number of benzene rings is 5. The third kappa shape index (κ3) is 3.13. The molecule has 6 rings (SSSR count). The van der Waals surface area contributed by atoms with Crippen LogP contribution >= 0.6 is 11.6 Å².